The van der Waals surface area contributed by atoms with Gasteiger partial charge in [-0.3, -0.25) is 0 Å². The Morgan fingerprint density at radius 1 is 1.28 bits per heavy atom. The summed E-state index contributed by atoms with van der Waals surface area (Å²) in [6.07, 6.45) is -4.32. The van der Waals surface area contributed by atoms with E-state index in [0.29, 0.717) is 5.69 Å². The maximum atomic E-state index is 13.0. The number of alkyl halides is 3. The fourth-order valence-electron chi connectivity index (χ4n) is 1.69. The van der Waals surface area contributed by atoms with Crippen LogP contribution in [0.2, 0.25) is 0 Å². The van der Waals surface area contributed by atoms with Gasteiger partial charge in [-0.2, -0.15) is 13.2 Å². The summed E-state index contributed by atoms with van der Waals surface area (Å²) in [5.41, 5.74) is 0.282. The number of hydrogen-bond acceptors (Lipinski definition) is 2. The van der Waals surface area contributed by atoms with E-state index in [2.05, 4.69) is 5.32 Å². The smallest absolute Gasteiger partial charge is 0.372 e. The van der Waals surface area contributed by atoms with Gasteiger partial charge in [-0.25, -0.2) is 0 Å². The summed E-state index contributed by atoms with van der Waals surface area (Å²) in [6, 6.07) is 4.63. The molecule has 18 heavy (non-hydrogen) atoms. The molecule has 0 aromatic heterocycles. The first-order valence-electron chi connectivity index (χ1n) is 5.85. The van der Waals surface area contributed by atoms with Crippen LogP contribution >= 0.6 is 0 Å². The minimum atomic E-state index is -4.32. The van der Waals surface area contributed by atoms with Gasteiger partial charge in [0.2, 0.25) is 0 Å². The summed E-state index contributed by atoms with van der Waals surface area (Å²) < 4.78 is 38.9. The first-order chi connectivity index (χ1) is 8.27. The summed E-state index contributed by atoms with van der Waals surface area (Å²) in [7, 11) is 3.42. The van der Waals surface area contributed by atoms with Crippen LogP contribution in [0.4, 0.5) is 18.9 Å². The van der Waals surface area contributed by atoms with Crippen LogP contribution < -0.4 is 10.2 Å². The number of hydrogen-bond donors (Lipinski definition) is 1. The van der Waals surface area contributed by atoms with Crippen LogP contribution in [-0.4, -0.2) is 20.1 Å². The molecule has 0 atom stereocenters. The maximum absolute atomic E-state index is 13.0. The molecule has 2 nitrogen and oxygen atoms in total. The Balaban J connectivity index is 3.21. The van der Waals surface area contributed by atoms with Crippen molar-refractivity contribution in [3.05, 3.63) is 29.3 Å². The van der Waals surface area contributed by atoms with E-state index in [0.717, 1.165) is 0 Å². The predicted octanol–water partition coefficient (Wildman–Crippen LogP) is 3.27. The number of nitrogens with one attached hydrogen (secondary N) is 1. The first kappa shape index (κ1) is 14.8. The summed E-state index contributed by atoms with van der Waals surface area (Å²) in [4.78, 5) is 1.82. The average Bonchev–Trinajstić information content (AvgIpc) is 2.27. The molecule has 0 spiro atoms. The summed E-state index contributed by atoms with van der Waals surface area (Å²) >= 11 is 0. The molecule has 0 aliphatic heterocycles. The first-order valence-corrected chi connectivity index (χ1v) is 5.85. The molecule has 0 aliphatic rings. The van der Waals surface area contributed by atoms with Gasteiger partial charge in [-0.15, -0.1) is 0 Å². The fraction of sp³-hybridized carbons (Fsp3) is 0.538. The third-order valence-electron chi connectivity index (χ3n) is 2.95. The van der Waals surface area contributed by atoms with Crippen LogP contribution in [0.25, 0.3) is 0 Å². The summed E-state index contributed by atoms with van der Waals surface area (Å²) in [5, 5.41) is 2.75. The van der Waals surface area contributed by atoms with Gasteiger partial charge in [0.25, 0.3) is 0 Å². The van der Waals surface area contributed by atoms with Crippen LogP contribution in [-0.2, 0) is 12.7 Å². The van der Waals surface area contributed by atoms with Gasteiger partial charge in [0.1, 0.15) is 0 Å². The molecule has 5 heteroatoms. The topological polar surface area (TPSA) is 15.3 Å². The normalized spacial score (nSPS) is 12.0. The Hall–Kier alpha value is -1.23. The van der Waals surface area contributed by atoms with Crippen molar-refractivity contribution in [2.45, 2.75) is 32.6 Å². The highest BCUT2D eigenvalue weighted by Crippen LogP contribution is 2.34. The molecule has 0 saturated carbocycles. The zero-order chi connectivity index (χ0) is 13.9. The van der Waals surface area contributed by atoms with Crippen molar-refractivity contribution in [1.29, 1.82) is 0 Å². The molecular formula is C13H19F3N2. The van der Waals surface area contributed by atoms with Crippen molar-refractivity contribution >= 4 is 5.69 Å². The number of halogens is 3. The number of rotatable bonds is 4. The highest BCUT2D eigenvalue weighted by atomic mass is 19.4. The SMILES string of the molecule is CNCc1ccc(N(C)C(C)C)cc1C(F)(F)F. The number of anilines is 1. The molecule has 1 rings (SSSR count). The van der Waals surface area contributed by atoms with E-state index in [1.54, 1.807) is 20.2 Å². The monoisotopic (exact) mass is 260 g/mol. The highest BCUT2D eigenvalue weighted by Gasteiger charge is 2.33. The molecule has 1 aromatic rings. The molecular weight excluding hydrogens is 241 g/mol. The van der Waals surface area contributed by atoms with Gasteiger partial charge in [-0.1, -0.05) is 6.07 Å². The number of nitrogens with zero attached hydrogens (tertiary/aromatic N) is 1. The molecule has 0 unspecified atom stereocenters. The molecule has 0 saturated heterocycles. The van der Waals surface area contributed by atoms with E-state index in [9.17, 15) is 13.2 Å². The lowest BCUT2D eigenvalue weighted by atomic mass is 10.0. The number of benzene rings is 1. The second kappa shape index (κ2) is 5.61. The van der Waals surface area contributed by atoms with Crippen molar-refractivity contribution in [3.63, 3.8) is 0 Å². The van der Waals surface area contributed by atoms with Crippen LogP contribution in [0.5, 0.6) is 0 Å². The Bertz CT molecular complexity index is 400. The quantitative estimate of drug-likeness (QED) is 0.893. The molecule has 0 bridgehead atoms. The van der Waals surface area contributed by atoms with Crippen molar-refractivity contribution < 1.29 is 13.2 Å². The van der Waals surface area contributed by atoms with Crippen LogP contribution in [0, 0.1) is 0 Å². The van der Waals surface area contributed by atoms with Crippen molar-refractivity contribution in [1.82, 2.24) is 5.32 Å². The minimum Gasteiger partial charge on any atom is -0.372 e. The van der Waals surface area contributed by atoms with Gasteiger partial charge in [0, 0.05) is 25.3 Å². The second-order valence-corrected chi connectivity index (χ2v) is 4.57. The lowest BCUT2D eigenvalue weighted by Gasteiger charge is -2.25. The van der Waals surface area contributed by atoms with Gasteiger partial charge >= 0.3 is 6.18 Å². The second-order valence-electron chi connectivity index (χ2n) is 4.57. The standard InChI is InChI=1S/C13H19F3N2/c1-9(2)18(4)11-6-5-10(8-17-3)12(7-11)13(14,15)16/h5-7,9,17H,8H2,1-4H3. The third kappa shape index (κ3) is 3.38. The summed E-state index contributed by atoms with van der Waals surface area (Å²) in [6.45, 7) is 4.09. The van der Waals surface area contributed by atoms with Gasteiger partial charge in [0.15, 0.2) is 0 Å². The highest BCUT2D eigenvalue weighted by molar-refractivity contribution is 5.52. The molecule has 0 fully saturated rings. The van der Waals surface area contributed by atoms with E-state index < -0.39 is 11.7 Å². The molecule has 0 heterocycles. The van der Waals surface area contributed by atoms with Crippen molar-refractivity contribution in [3.8, 4) is 0 Å². The lowest BCUT2D eigenvalue weighted by Crippen LogP contribution is -2.26. The third-order valence-corrected chi connectivity index (χ3v) is 2.95. The molecule has 0 amide bonds. The Morgan fingerprint density at radius 3 is 2.33 bits per heavy atom. The Labute approximate surface area is 106 Å². The van der Waals surface area contributed by atoms with Crippen LogP contribution in [0.3, 0.4) is 0 Å². The van der Waals surface area contributed by atoms with E-state index in [-0.39, 0.29) is 18.2 Å². The molecule has 102 valence electrons. The van der Waals surface area contributed by atoms with E-state index in [1.807, 2.05) is 18.7 Å². The van der Waals surface area contributed by atoms with E-state index in [4.69, 9.17) is 0 Å². The predicted molar refractivity (Wildman–Crippen MR) is 67.7 cm³/mol. The molecule has 1 N–H and O–H groups in total. The zero-order valence-electron chi connectivity index (χ0n) is 11.1. The largest absolute Gasteiger partial charge is 0.416 e. The van der Waals surface area contributed by atoms with Gasteiger partial charge in [0.05, 0.1) is 5.56 Å². The van der Waals surface area contributed by atoms with Gasteiger partial charge < -0.3 is 10.2 Å². The Morgan fingerprint density at radius 2 is 1.89 bits per heavy atom. The Kier molecular flexibility index (Phi) is 4.62. The average molecular weight is 260 g/mol. The zero-order valence-corrected chi connectivity index (χ0v) is 11.1. The van der Waals surface area contributed by atoms with E-state index in [1.165, 1.54) is 12.1 Å². The molecule has 0 aliphatic carbocycles. The summed E-state index contributed by atoms with van der Waals surface area (Å²) in [5.74, 6) is 0. The van der Waals surface area contributed by atoms with Crippen molar-refractivity contribution in [2.75, 3.05) is 19.0 Å². The van der Waals surface area contributed by atoms with Crippen LogP contribution in [0.1, 0.15) is 25.0 Å². The van der Waals surface area contributed by atoms with E-state index >= 15 is 0 Å². The molecule has 1 aromatic carbocycles. The lowest BCUT2D eigenvalue weighted by molar-refractivity contribution is -0.138. The van der Waals surface area contributed by atoms with Crippen molar-refractivity contribution in [2.24, 2.45) is 0 Å². The molecule has 0 radical (unpaired) electrons. The fourth-order valence-corrected chi connectivity index (χ4v) is 1.69. The minimum absolute atomic E-state index is 0.154. The van der Waals surface area contributed by atoms with Crippen LogP contribution in [0.15, 0.2) is 18.2 Å². The van der Waals surface area contributed by atoms with Gasteiger partial charge in [-0.05, 0) is 38.6 Å². The maximum Gasteiger partial charge on any atom is 0.416 e.